The monoisotopic (exact) mass is 426 g/mol. The maximum Gasteiger partial charge on any atom is 0.0782 e. The van der Waals surface area contributed by atoms with Crippen LogP contribution in [0.2, 0.25) is 0 Å². The molecule has 160 valence electrons. The molecule has 0 radical (unpaired) electrons. The maximum absolute atomic E-state index is 2.59. The van der Waals surface area contributed by atoms with Gasteiger partial charge in [-0.05, 0) is 48.6 Å². The van der Waals surface area contributed by atoms with Gasteiger partial charge >= 0.3 is 0 Å². The molecule has 0 saturated heterocycles. The summed E-state index contributed by atoms with van der Waals surface area (Å²) in [5, 5.41) is 4.06. The molecular weight excluding hydrogens is 400 g/mol. The molecule has 2 nitrogen and oxygen atoms in total. The molecule has 2 unspecified atom stereocenters. The van der Waals surface area contributed by atoms with E-state index in [1.165, 1.54) is 49.7 Å². The first-order chi connectivity index (χ1) is 16.3. The Labute approximate surface area is 193 Å². The number of para-hydroxylation sites is 2. The normalized spacial score (nSPS) is 19.7. The van der Waals surface area contributed by atoms with Crippen LogP contribution in [0.25, 0.3) is 44.5 Å². The van der Waals surface area contributed by atoms with Crippen LogP contribution in [-0.2, 0) is 0 Å². The summed E-state index contributed by atoms with van der Waals surface area (Å²) < 4.78 is 5.10. The largest absolute Gasteiger partial charge is 0.331 e. The van der Waals surface area contributed by atoms with Crippen molar-refractivity contribution in [3.8, 4) is 5.69 Å². The fourth-order valence-electron chi connectivity index (χ4n) is 6.03. The number of allylic oxidation sites excluding steroid dienone is 5. The van der Waals surface area contributed by atoms with Crippen LogP contribution in [0.3, 0.4) is 0 Å². The molecule has 2 aromatic heterocycles. The second-order valence-electron chi connectivity index (χ2n) is 9.37. The lowest BCUT2D eigenvalue weighted by molar-refractivity contribution is 0.648. The van der Waals surface area contributed by atoms with Gasteiger partial charge in [-0.1, -0.05) is 85.8 Å². The molecule has 2 heterocycles. The van der Waals surface area contributed by atoms with Crippen molar-refractivity contribution in [2.24, 2.45) is 0 Å². The highest BCUT2D eigenvalue weighted by Gasteiger charge is 2.27. The number of aromatic nitrogens is 2. The number of fused-ring (bicyclic) bond motifs is 7. The molecule has 0 saturated carbocycles. The summed E-state index contributed by atoms with van der Waals surface area (Å²) in [7, 11) is 0. The standard InChI is InChI=1S/C31H26N2/c1-21-11-10-18-28-29(21)26-20-19-25-24-16-8-9-17-27(24)32(22-12-4-2-5-13-22)30(25)31(26)33(28)23-14-6-3-7-15-23/h2-10,12,14-22H,11,13H2,1H3. The van der Waals surface area contributed by atoms with Gasteiger partial charge in [0.1, 0.15) is 0 Å². The van der Waals surface area contributed by atoms with Gasteiger partial charge in [-0.25, -0.2) is 0 Å². The Morgan fingerprint density at radius 3 is 2.39 bits per heavy atom. The van der Waals surface area contributed by atoms with E-state index in [1.807, 2.05) is 0 Å². The van der Waals surface area contributed by atoms with E-state index < -0.39 is 0 Å². The summed E-state index contributed by atoms with van der Waals surface area (Å²) in [5.41, 5.74) is 8.03. The summed E-state index contributed by atoms with van der Waals surface area (Å²) in [6, 6.07) is 24.8. The minimum Gasteiger partial charge on any atom is -0.331 e. The molecule has 7 rings (SSSR count). The highest BCUT2D eigenvalue weighted by Crippen LogP contribution is 2.45. The Morgan fingerprint density at radius 2 is 1.55 bits per heavy atom. The van der Waals surface area contributed by atoms with Gasteiger partial charge in [-0.15, -0.1) is 0 Å². The van der Waals surface area contributed by atoms with Crippen molar-refractivity contribution in [2.45, 2.75) is 31.7 Å². The summed E-state index contributed by atoms with van der Waals surface area (Å²) >= 11 is 0. The fourth-order valence-corrected chi connectivity index (χ4v) is 6.03. The van der Waals surface area contributed by atoms with Gasteiger partial charge < -0.3 is 9.13 Å². The number of nitrogens with zero attached hydrogens (tertiary/aromatic N) is 2. The minimum absolute atomic E-state index is 0.312. The lowest BCUT2D eigenvalue weighted by Crippen LogP contribution is -2.08. The van der Waals surface area contributed by atoms with Crippen LogP contribution in [0.15, 0.2) is 97.1 Å². The van der Waals surface area contributed by atoms with Crippen molar-refractivity contribution in [3.05, 3.63) is 108 Å². The summed E-state index contributed by atoms with van der Waals surface area (Å²) in [6.07, 6.45) is 15.8. The van der Waals surface area contributed by atoms with Gasteiger partial charge in [0.25, 0.3) is 0 Å². The third-order valence-corrected chi connectivity index (χ3v) is 7.44. The predicted octanol–water partition coefficient (Wildman–Crippen LogP) is 8.32. The lowest BCUT2D eigenvalue weighted by Gasteiger charge is -2.20. The SMILES string of the molecule is CC1CC=Cc2c1c1ccc3c4ccccc4n(C4C=CC=CC4)c3c1n2-c1ccccc1. The highest BCUT2D eigenvalue weighted by molar-refractivity contribution is 6.18. The van der Waals surface area contributed by atoms with Crippen molar-refractivity contribution in [3.63, 3.8) is 0 Å². The molecule has 3 aromatic carbocycles. The van der Waals surface area contributed by atoms with Crippen molar-refractivity contribution in [1.29, 1.82) is 0 Å². The van der Waals surface area contributed by atoms with Gasteiger partial charge in [-0.2, -0.15) is 0 Å². The fraction of sp³-hybridized carbons (Fsp3) is 0.161. The van der Waals surface area contributed by atoms with Gasteiger partial charge in [0.2, 0.25) is 0 Å². The van der Waals surface area contributed by atoms with Gasteiger partial charge in [-0.3, -0.25) is 0 Å². The van der Waals surface area contributed by atoms with E-state index in [0.29, 0.717) is 12.0 Å². The second kappa shape index (κ2) is 7.11. The van der Waals surface area contributed by atoms with Crippen molar-refractivity contribution >= 4 is 38.8 Å². The topological polar surface area (TPSA) is 9.86 Å². The van der Waals surface area contributed by atoms with Gasteiger partial charge in [0.05, 0.1) is 22.8 Å². The first-order valence-electron chi connectivity index (χ1n) is 12.0. The first-order valence-corrected chi connectivity index (χ1v) is 12.0. The molecule has 33 heavy (non-hydrogen) atoms. The van der Waals surface area contributed by atoms with Crippen LogP contribution in [0, 0.1) is 0 Å². The second-order valence-corrected chi connectivity index (χ2v) is 9.37. The Hall–Kier alpha value is -3.78. The Kier molecular flexibility index (Phi) is 4.04. The van der Waals surface area contributed by atoms with Crippen LogP contribution < -0.4 is 0 Å². The molecule has 0 amide bonds. The first kappa shape index (κ1) is 18.8. The van der Waals surface area contributed by atoms with Gasteiger partial charge in [0.15, 0.2) is 0 Å². The van der Waals surface area contributed by atoms with E-state index in [-0.39, 0.29) is 0 Å². The Bertz CT molecular complexity index is 1620. The molecule has 0 bridgehead atoms. The molecular formula is C31H26N2. The van der Waals surface area contributed by atoms with Crippen LogP contribution >= 0.6 is 0 Å². The van der Waals surface area contributed by atoms with E-state index in [9.17, 15) is 0 Å². The molecule has 2 aliphatic carbocycles. The third-order valence-electron chi connectivity index (χ3n) is 7.44. The average molecular weight is 427 g/mol. The van der Waals surface area contributed by atoms with Crippen LogP contribution in [0.1, 0.15) is 43.0 Å². The summed E-state index contributed by atoms with van der Waals surface area (Å²) in [4.78, 5) is 0. The van der Waals surface area contributed by atoms with E-state index in [4.69, 9.17) is 0 Å². The van der Waals surface area contributed by atoms with E-state index in [0.717, 1.165) is 12.8 Å². The number of benzene rings is 3. The summed E-state index contributed by atoms with van der Waals surface area (Å²) in [5.74, 6) is 0.505. The Morgan fingerprint density at radius 1 is 0.727 bits per heavy atom. The number of rotatable bonds is 2. The summed E-state index contributed by atoms with van der Waals surface area (Å²) in [6.45, 7) is 2.37. The van der Waals surface area contributed by atoms with Crippen molar-refractivity contribution in [2.75, 3.05) is 0 Å². The molecule has 5 aromatic rings. The molecule has 2 atom stereocenters. The van der Waals surface area contributed by atoms with E-state index >= 15 is 0 Å². The van der Waals surface area contributed by atoms with Crippen LogP contribution in [0.4, 0.5) is 0 Å². The van der Waals surface area contributed by atoms with Gasteiger partial charge in [0, 0.05) is 27.4 Å². The zero-order valence-electron chi connectivity index (χ0n) is 18.8. The maximum atomic E-state index is 2.59. The average Bonchev–Trinajstić information content (AvgIpc) is 3.39. The van der Waals surface area contributed by atoms with Crippen LogP contribution in [-0.4, -0.2) is 9.13 Å². The smallest absolute Gasteiger partial charge is 0.0782 e. The predicted molar refractivity (Wildman–Crippen MR) is 140 cm³/mol. The number of hydrogen-bond donors (Lipinski definition) is 0. The molecule has 0 fully saturated rings. The van der Waals surface area contributed by atoms with E-state index in [1.54, 1.807) is 0 Å². The minimum atomic E-state index is 0.312. The van der Waals surface area contributed by atoms with Crippen LogP contribution in [0.5, 0.6) is 0 Å². The molecule has 2 aliphatic rings. The van der Waals surface area contributed by atoms with Crippen molar-refractivity contribution in [1.82, 2.24) is 9.13 Å². The number of hydrogen-bond acceptors (Lipinski definition) is 0. The lowest BCUT2D eigenvalue weighted by atomic mass is 9.90. The van der Waals surface area contributed by atoms with Crippen molar-refractivity contribution < 1.29 is 0 Å². The quantitative estimate of drug-likeness (QED) is 0.269. The van der Waals surface area contributed by atoms with E-state index in [2.05, 4.69) is 119 Å². The Balaban J connectivity index is 1.73. The molecule has 0 spiro atoms. The third kappa shape index (κ3) is 2.61. The zero-order valence-corrected chi connectivity index (χ0v) is 18.8. The highest BCUT2D eigenvalue weighted by atomic mass is 15.1. The molecule has 0 aliphatic heterocycles. The molecule has 2 heteroatoms. The zero-order chi connectivity index (χ0) is 21.9. The molecule has 0 N–H and O–H groups in total.